The first-order valence-corrected chi connectivity index (χ1v) is 8.82. The van der Waals surface area contributed by atoms with Gasteiger partial charge in [-0.1, -0.05) is 12.1 Å². The molecule has 1 aliphatic heterocycles. The molecule has 0 aromatic heterocycles. The van der Waals surface area contributed by atoms with E-state index in [9.17, 15) is 8.42 Å². The smallest absolute Gasteiger partial charge is 0.240 e. The molecule has 20 heavy (non-hydrogen) atoms. The fraction of sp³-hybridized carbons (Fsp3) is 0.600. The molecule has 1 spiro atoms. The maximum absolute atomic E-state index is 12.4. The van der Waals surface area contributed by atoms with Crippen LogP contribution in [0.1, 0.15) is 37.7 Å². The van der Waals surface area contributed by atoms with Gasteiger partial charge in [0, 0.05) is 11.6 Å². The van der Waals surface area contributed by atoms with Crippen LogP contribution in [0, 0.1) is 6.92 Å². The van der Waals surface area contributed by atoms with Crippen LogP contribution in [0.2, 0.25) is 0 Å². The molecule has 1 aliphatic carbocycles. The molecule has 0 radical (unpaired) electrons. The van der Waals surface area contributed by atoms with Crippen LogP contribution in [0.25, 0.3) is 0 Å². The average molecular weight is 294 g/mol. The van der Waals surface area contributed by atoms with Crippen molar-refractivity contribution in [3.05, 3.63) is 29.8 Å². The first-order valence-electron chi connectivity index (χ1n) is 7.33. The van der Waals surface area contributed by atoms with E-state index < -0.39 is 10.0 Å². The lowest BCUT2D eigenvalue weighted by Gasteiger charge is -2.48. The topological polar surface area (TPSA) is 58.2 Å². The van der Waals surface area contributed by atoms with E-state index in [1.54, 1.807) is 18.2 Å². The van der Waals surface area contributed by atoms with Crippen LogP contribution in [-0.2, 0) is 10.0 Å². The molecule has 1 aromatic carbocycles. The second-order valence-corrected chi connectivity index (χ2v) is 7.90. The zero-order valence-electron chi connectivity index (χ0n) is 11.9. The molecule has 5 heteroatoms. The normalized spacial score (nSPS) is 25.4. The van der Waals surface area contributed by atoms with Crippen LogP contribution >= 0.6 is 0 Å². The summed E-state index contributed by atoms with van der Waals surface area (Å²) < 4.78 is 27.8. The highest BCUT2D eigenvalue weighted by atomic mass is 32.2. The minimum absolute atomic E-state index is 0.0575. The summed E-state index contributed by atoms with van der Waals surface area (Å²) in [5, 5.41) is 3.56. The molecule has 2 aliphatic rings. The third kappa shape index (κ3) is 2.75. The van der Waals surface area contributed by atoms with Gasteiger partial charge in [0.05, 0.1) is 4.90 Å². The van der Waals surface area contributed by atoms with Gasteiger partial charge < -0.3 is 5.32 Å². The molecule has 1 saturated heterocycles. The molecular weight excluding hydrogens is 272 g/mol. The molecule has 1 saturated carbocycles. The zero-order valence-corrected chi connectivity index (χ0v) is 12.7. The van der Waals surface area contributed by atoms with Crippen molar-refractivity contribution in [2.45, 2.75) is 55.5 Å². The van der Waals surface area contributed by atoms with E-state index in [1.807, 2.05) is 13.0 Å². The fourth-order valence-electron chi connectivity index (χ4n) is 3.31. The summed E-state index contributed by atoms with van der Waals surface area (Å²) in [6.45, 7) is 2.81. The van der Waals surface area contributed by atoms with Gasteiger partial charge in [0.25, 0.3) is 0 Å². The van der Waals surface area contributed by atoms with Crippen molar-refractivity contribution in [3.8, 4) is 0 Å². The third-order valence-electron chi connectivity index (χ3n) is 4.56. The van der Waals surface area contributed by atoms with Gasteiger partial charge in [-0.15, -0.1) is 0 Å². The first-order chi connectivity index (χ1) is 9.49. The van der Waals surface area contributed by atoms with Crippen molar-refractivity contribution in [3.63, 3.8) is 0 Å². The van der Waals surface area contributed by atoms with Gasteiger partial charge in [-0.05, 0) is 63.3 Å². The number of hydrogen-bond acceptors (Lipinski definition) is 3. The lowest BCUT2D eigenvalue weighted by molar-refractivity contribution is 0.126. The number of rotatable bonds is 3. The Labute approximate surface area is 121 Å². The number of nitrogens with one attached hydrogen (secondary N) is 2. The van der Waals surface area contributed by atoms with Gasteiger partial charge in [0.1, 0.15) is 0 Å². The Kier molecular flexibility index (Phi) is 3.60. The molecule has 1 atom stereocenters. The molecule has 1 unspecified atom stereocenters. The van der Waals surface area contributed by atoms with E-state index in [1.165, 1.54) is 19.3 Å². The molecule has 1 heterocycles. The first kappa shape index (κ1) is 14.0. The van der Waals surface area contributed by atoms with Crippen molar-refractivity contribution >= 4 is 10.0 Å². The molecule has 4 nitrogen and oxygen atoms in total. The van der Waals surface area contributed by atoms with Crippen molar-refractivity contribution in [1.29, 1.82) is 0 Å². The Bertz CT molecular complexity index is 594. The number of hydrogen-bond donors (Lipinski definition) is 2. The summed E-state index contributed by atoms with van der Waals surface area (Å²) in [5.41, 5.74) is 1.17. The number of piperidine rings is 1. The van der Waals surface area contributed by atoms with Crippen molar-refractivity contribution in [1.82, 2.24) is 10.0 Å². The van der Waals surface area contributed by atoms with Gasteiger partial charge in [-0.3, -0.25) is 0 Å². The van der Waals surface area contributed by atoms with Gasteiger partial charge >= 0.3 is 0 Å². The molecule has 2 fully saturated rings. The molecular formula is C15H22N2O2S. The standard InChI is InChI=1S/C15H22N2O2S/c1-12-4-2-5-14(10-12)20(18,19)17-13-6-9-16-15(11-13)7-3-8-15/h2,4-5,10,13,16-17H,3,6-9,11H2,1H3. The quantitative estimate of drug-likeness (QED) is 0.896. The summed E-state index contributed by atoms with van der Waals surface area (Å²) in [5.74, 6) is 0. The van der Waals surface area contributed by atoms with E-state index in [4.69, 9.17) is 0 Å². The highest BCUT2D eigenvalue weighted by molar-refractivity contribution is 7.89. The molecule has 110 valence electrons. The fourth-order valence-corrected chi connectivity index (χ4v) is 4.69. The lowest BCUT2D eigenvalue weighted by atomic mass is 9.70. The SMILES string of the molecule is Cc1cccc(S(=O)(=O)NC2CCNC3(CCC3)C2)c1. The largest absolute Gasteiger partial charge is 0.311 e. The van der Waals surface area contributed by atoms with E-state index >= 15 is 0 Å². The predicted molar refractivity (Wildman–Crippen MR) is 79.1 cm³/mol. The Balaban J connectivity index is 1.73. The molecule has 1 aromatic rings. The van der Waals surface area contributed by atoms with E-state index in [2.05, 4.69) is 10.0 Å². The van der Waals surface area contributed by atoms with E-state index in [0.717, 1.165) is 24.9 Å². The zero-order chi connectivity index (χ0) is 14.2. The summed E-state index contributed by atoms with van der Waals surface area (Å²) >= 11 is 0. The van der Waals surface area contributed by atoms with E-state index in [-0.39, 0.29) is 11.6 Å². The number of aryl methyl sites for hydroxylation is 1. The van der Waals surface area contributed by atoms with Crippen LogP contribution in [-0.4, -0.2) is 26.5 Å². The molecule has 0 amide bonds. The highest BCUT2D eigenvalue weighted by Gasteiger charge is 2.41. The van der Waals surface area contributed by atoms with Crippen LogP contribution in [0.3, 0.4) is 0 Å². The highest BCUT2D eigenvalue weighted by Crippen LogP contribution is 2.38. The summed E-state index contributed by atoms with van der Waals surface area (Å²) in [6.07, 6.45) is 5.39. The van der Waals surface area contributed by atoms with Crippen LogP contribution in [0.15, 0.2) is 29.2 Å². The van der Waals surface area contributed by atoms with Crippen LogP contribution in [0.4, 0.5) is 0 Å². The van der Waals surface area contributed by atoms with E-state index in [0.29, 0.717) is 4.90 Å². The average Bonchev–Trinajstić information content (AvgIpc) is 2.37. The number of sulfonamides is 1. The third-order valence-corrected chi connectivity index (χ3v) is 6.08. The van der Waals surface area contributed by atoms with Gasteiger partial charge in [0.15, 0.2) is 0 Å². The summed E-state index contributed by atoms with van der Waals surface area (Å²) in [4.78, 5) is 0.374. The maximum atomic E-state index is 12.4. The monoisotopic (exact) mass is 294 g/mol. The van der Waals surface area contributed by atoms with Gasteiger partial charge in [-0.2, -0.15) is 0 Å². The van der Waals surface area contributed by atoms with Gasteiger partial charge in [-0.25, -0.2) is 13.1 Å². The molecule has 3 rings (SSSR count). The van der Waals surface area contributed by atoms with Crippen LogP contribution in [0.5, 0.6) is 0 Å². The molecule has 2 N–H and O–H groups in total. The Morgan fingerprint density at radius 2 is 2.15 bits per heavy atom. The van der Waals surface area contributed by atoms with Gasteiger partial charge in [0.2, 0.25) is 10.0 Å². The predicted octanol–water partition coefficient (Wildman–Crippen LogP) is 1.95. The van der Waals surface area contributed by atoms with Crippen molar-refractivity contribution in [2.24, 2.45) is 0 Å². The van der Waals surface area contributed by atoms with Crippen LogP contribution < -0.4 is 10.0 Å². The minimum atomic E-state index is -3.39. The second-order valence-electron chi connectivity index (χ2n) is 6.19. The number of benzene rings is 1. The second kappa shape index (κ2) is 5.13. The summed E-state index contributed by atoms with van der Waals surface area (Å²) in [7, 11) is -3.39. The Morgan fingerprint density at radius 3 is 2.80 bits per heavy atom. The maximum Gasteiger partial charge on any atom is 0.240 e. The minimum Gasteiger partial charge on any atom is -0.311 e. The Hall–Kier alpha value is -0.910. The van der Waals surface area contributed by atoms with Crippen molar-refractivity contribution in [2.75, 3.05) is 6.54 Å². The molecule has 0 bridgehead atoms. The summed E-state index contributed by atoms with van der Waals surface area (Å²) in [6, 6.07) is 7.15. The lowest BCUT2D eigenvalue weighted by Crippen LogP contribution is -2.59. The van der Waals surface area contributed by atoms with Crippen molar-refractivity contribution < 1.29 is 8.42 Å². The Morgan fingerprint density at radius 1 is 1.35 bits per heavy atom.